The number of benzene rings is 2. The minimum atomic E-state index is -4.56. The van der Waals surface area contributed by atoms with E-state index in [-0.39, 0.29) is 17.7 Å². The second kappa shape index (κ2) is 9.07. The number of anilines is 1. The summed E-state index contributed by atoms with van der Waals surface area (Å²) in [5.41, 5.74) is 2.54. The third-order valence-electron chi connectivity index (χ3n) is 4.79. The molecule has 1 unspecified atom stereocenters. The summed E-state index contributed by atoms with van der Waals surface area (Å²) in [5, 5.41) is 0.815. The molecule has 0 saturated carbocycles. The van der Waals surface area contributed by atoms with Gasteiger partial charge in [0.2, 0.25) is 0 Å². The fourth-order valence-electron chi connectivity index (χ4n) is 3.40. The molecule has 3 aromatic rings. The highest BCUT2D eigenvalue weighted by Crippen LogP contribution is 2.36. The molecule has 1 aromatic heterocycles. The van der Waals surface area contributed by atoms with Crippen molar-refractivity contribution < 1.29 is 21.9 Å². The van der Waals surface area contributed by atoms with Crippen molar-refractivity contribution in [1.29, 1.82) is 0 Å². The number of thiazole rings is 1. The summed E-state index contributed by atoms with van der Waals surface area (Å²) in [4.78, 5) is 4.75. The minimum absolute atomic E-state index is 0.0373. The minimum Gasteiger partial charge on any atom is -0.487 e. The number of hydrogen-bond donors (Lipinski definition) is 1. The molecule has 0 radical (unpaired) electrons. The van der Waals surface area contributed by atoms with Gasteiger partial charge in [0.1, 0.15) is 16.9 Å². The van der Waals surface area contributed by atoms with Crippen LogP contribution in [-0.2, 0) is 16.6 Å². The van der Waals surface area contributed by atoms with Crippen LogP contribution in [0.25, 0.3) is 0 Å². The molecule has 1 fully saturated rings. The summed E-state index contributed by atoms with van der Waals surface area (Å²) in [6.07, 6.45) is 0.327. The lowest BCUT2D eigenvalue weighted by Gasteiger charge is -2.18. The molecule has 1 N–H and O–H groups in total. The van der Waals surface area contributed by atoms with E-state index in [0.29, 0.717) is 13.0 Å². The van der Waals surface area contributed by atoms with Crippen LogP contribution in [0, 0.1) is 11.6 Å². The summed E-state index contributed by atoms with van der Waals surface area (Å²) in [7, 11) is -4.56. The van der Waals surface area contributed by atoms with Gasteiger partial charge in [-0.3, -0.25) is 9.62 Å². The van der Waals surface area contributed by atoms with E-state index in [4.69, 9.17) is 16.3 Å². The molecule has 0 amide bonds. The number of rotatable bonds is 7. The molecule has 2 aromatic carbocycles. The van der Waals surface area contributed by atoms with Gasteiger partial charge in [0, 0.05) is 31.1 Å². The van der Waals surface area contributed by atoms with Crippen molar-refractivity contribution in [2.24, 2.45) is 0 Å². The van der Waals surface area contributed by atoms with Crippen LogP contribution >= 0.6 is 22.9 Å². The number of sulfonamides is 1. The first-order chi connectivity index (χ1) is 14.8. The van der Waals surface area contributed by atoms with E-state index in [0.717, 1.165) is 36.1 Å². The highest BCUT2D eigenvalue weighted by Gasteiger charge is 2.31. The maximum atomic E-state index is 14.8. The van der Waals surface area contributed by atoms with Gasteiger partial charge >= 0.3 is 0 Å². The molecule has 1 aliphatic rings. The monoisotopic (exact) mass is 485 g/mol. The molecule has 0 bridgehead atoms. The topological polar surface area (TPSA) is 71.5 Å². The van der Waals surface area contributed by atoms with E-state index < -0.39 is 31.6 Å². The van der Waals surface area contributed by atoms with Crippen molar-refractivity contribution in [1.82, 2.24) is 9.88 Å². The fraction of sp³-hybridized carbons (Fsp3) is 0.250. The van der Waals surface area contributed by atoms with E-state index in [2.05, 4.69) is 9.88 Å². The predicted molar refractivity (Wildman–Crippen MR) is 115 cm³/mol. The van der Waals surface area contributed by atoms with E-state index in [1.54, 1.807) is 0 Å². The first-order valence-electron chi connectivity index (χ1n) is 9.35. The third kappa shape index (κ3) is 4.98. The van der Waals surface area contributed by atoms with Gasteiger partial charge in [0.25, 0.3) is 10.0 Å². The lowest BCUT2D eigenvalue weighted by molar-refractivity contribution is 0.196. The molecule has 11 heteroatoms. The molecule has 1 saturated heterocycles. The Hall–Kier alpha value is -2.27. The number of halogens is 3. The van der Waals surface area contributed by atoms with Gasteiger partial charge < -0.3 is 4.74 Å². The molecule has 31 heavy (non-hydrogen) atoms. The Bertz CT molecular complexity index is 1160. The maximum Gasteiger partial charge on any atom is 0.269 e. The zero-order valence-electron chi connectivity index (χ0n) is 16.1. The quantitative estimate of drug-likeness (QED) is 0.498. The Morgan fingerprint density at radius 2 is 2.06 bits per heavy atom. The van der Waals surface area contributed by atoms with Crippen molar-refractivity contribution in [3.8, 4) is 5.75 Å². The smallest absolute Gasteiger partial charge is 0.269 e. The van der Waals surface area contributed by atoms with Gasteiger partial charge in [0.05, 0.1) is 5.51 Å². The summed E-state index contributed by atoms with van der Waals surface area (Å²) in [5.74, 6) is -2.96. The van der Waals surface area contributed by atoms with Crippen LogP contribution in [0.15, 0.2) is 52.2 Å². The van der Waals surface area contributed by atoms with E-state index in [9.17, 15) is 17.2 Å². The van der Waals surface area contributed by atoms with Crippen LogP contribution in [0.4, 0.5) is 14.6 Å². The highest BCUT2D eigenvalue weighted by atomic mass is 35.5. The molecule has 2 heterocycles. The largest absolute Gasteiger partial charge is 0.487 e. The molecule has 6 nitrogen and oxygen atoms in total. The Labute approximate surface area is 187 Å². The van der Waals surface area contributed by atoms with E-state index in [1.807, 2.05) is 35.1 Å². The average Bonchev–Trinajstić information content (AvgIpc) is 3.38. The van der Waals surface area contributed by atoms with Gasteiger partial charge in [-0.05, 0) is 12.0 Å². The molecular formula is C20H18ClF2N3O3S2. The Morgan fingerprint density at radius 1 is 1.29 bits per heavy atom. The number of ether oxygens (including phenoxy) is 1. The van der Waals surface area contributed by atoms with Crippen molar-refractivity contribution in [2.75, 3.05) is 17.8 Å². The van der Waals surface area contributed by atoms with E-state index >= 15 is 0 Å². The number of aromatic nitrogens is 1. The van der Waals surface area contributed by atoms with Crippen LogP contribution in [0.3, 0.4) is 0 Å². The van der Waals surface area contributed by atoms with Crippen molar-refractivity contribution in [3.05, 3.63) is 69.5 Å². The first kappa shape index (κ1) is 21.9. The zero-order valence-corrected chi connectivity index (χ0v) is 18.5. The number of nitrogens with one attached hydrogen (secondary N) is 1. The lowest BCUT2D eigenvalue weighted by Crippen LogP contribution is -2.25. The number of likely N-dealkylation sites (tertiary alicyclic amines) is 1. The van der Waals surface area contributed by atoms with Crippen molar-refractivity contribution >= 4 is 38.8 Å². The van der Waals surface area contributed by atoms with Gasteiger partial charge in [-0.15, -0.1) is 11.3 Å². The van der Waals surface area contributed by atoms with Crippen LogP contribution in [0.2, 0.25) is 5.02 Å². The average molecular weight is 486 g/mol. The Balaban J connectivity index is 1.49. The van der Waals surface area contributed by atoms with Crippen LogP contribution in [-0.4, -0.2) is 37.5 Å². The highest BCUT2D eigenvalue weighted by molar-refractivity contribution is 7.92. The normalized spacial score (nSPS) is 17.1. The zero-order chi connectivity index (χ0) is 22.0. The number of hydrogen-bond acceptors (Lipinski definition) is 6. The summed E-state index contributed by atoms with van der Waals surface area (Å²) < 4.78 is 62.0. The standard InChI is InChI=1S/C20H18ClF2N3O3S2/c21-18-16(29-14-6-7-26(10-14)9-13-4-2-1-3-5-13)8-15(22)20(19(18)23)31(27,28)25-17-11-30-12-24-17/h1-5,8,11-12,14,25H,6-7,9-10H2. The van der Waals surface area contributed by atoms with Gasteiger partial charge in [-0.1, -0.05) is 41.9 Å². The SMILES string of the molecule is O=S(=O)(Nc1cscn1)c1c(F)cc(OC2CCN(Cc3ccccc3)C2)c(Cl)c1F. The number of nitrogens with zero attached hydrogens (tertiary/aromatic N) is 2. The van der Waals surface area contributed by atoms with Gasteiger partial charge in [-0.2, -0.15) is 0 Å². The fourth-order valence-corrected chi connectivity index (χ4v) is 5.35. The molecular weight excluding hydrogens is 468 g/mol. The van der Waals surface area contributed by atoms with Crippen LogP contribution in [0.5, 0.6) is 5.75 Å². The molecule has 0 aliphatic carbocycles. The summed E-state index contributed by atoms with van der Waals surface area (Å²) in [6.45, 7) is 2.04. The van der Waals surface area contributed by atoms with Crippen molar-refractivity contribution in [2.45, 2.75) is 24.0 Å². The predicted octanol–water partition coefficient (Wildman–Crippen LogP) is 4.53. The maximum absolute atomic E-state index is 14.8. The molecule has 0 spiro atoms. The van der Waals surface area contributed by atoms with E-state index in [1.165, 1.54) is 10.9 Å². The first-order valence-corrected chi connectivity index (χ1v) is 12.2. The lowest BCUT2D eigenvalue weighted by atomic mass is 10.2. The van der Waals surface area contributed by atoms with Gasteiger partial charge in [0.15, 0.2) is 22.3 Å². The molecule has 1 atom stereocenters. The Morgan fingerprint density at radius 3 is 2.77 bits per heavy atom. The second-order valence-electron chi connectivity index (χ2n) is 7.04. The molecule has 4 rings (SSSR count). The summed E-state index contributed by atoms with van der Waals surface area (Å²) >= 11 is 7.15. The summed E-state index contributed by atoms with van der Waals surface area (Å²) in [6, 6.07) is 10.7. The van der Waals surface area contributed by atoms with Crippen LogP contribution in [0.1, 0.15) is 12.0 Å². The molecule has 1 aliphatic heterocycles. The van der Waals surface area contributed by atoms with Gasteiger partial charge in [-0.25, -0.2) is 22.2 Å². The second-order valence-corrected chi connectivity index (χ2v) is 9.76. The van der Waals surface area contributed by atoms with Crippen LogP contribution < -0.4 is 9.46 Å². The molecule has 164 valence electrons. The van der Waals surface area contributed by atoms with Crippen molar-refractivity contribution in [3.63, 3.8) is 0 Å². The third-order valence-corrected chi connectivity index (χ3v) is 7.12. The Kier molecular flexibility index (Phi) is 6.42.